The van der Waals surface area contributed by atoms with Crippen LogP contribution in [0.1, 0.15) is 23.2 Å². The Morgan fingerprint density at radius 2 is 2.11 bits per heavy atom. The zero-order valence-electron chi connectivity index (χ0n) is 10.4. The molecule has 19 heavy (non-hydrogen) atoms. The van der Waals surface area contributed by atoms with E-state index in [-0.39, 0.29) is 18.4 Å². The first-order valence-corrected chi connectivity index (χ1v) is 6.94. The van der Waals surface area contributed by atoms with Gasteiger partial charge in [0.15, 0.2) is 0 Å². The van der Waals surface area contributed by atoms with Gasteiger partial charge in [-0.25, -0.2) is 5.06 Å². The van der Waals surface area contributed by atoms with Gasteiger partial charge >= 0.3 is 0 Å². The van der Waals surface area contributed by atoms with Gasteiger partial charge in [-0.15, -0.1) is 0 Å². The van der Waals surface area contributed by atoms with E-state index in [1.165, 1.54) is 5.06 Å². The summed E-state index contributed by atoms with van der Waals surface area (Å²) < 4.78 is 0.703. The lowest BCUT2D eigenvalue weighted by molar-refractivity contribution is -0.195. The van der Waals surface area contributed by atoms with Crippen LogP contribution in [0.3, 0.4) is 0 Å². The minimum Gasteiger partial charge on any atom is -0.343 e. The van der Waals surface area contributed by atoms with Gasteiger partial charge in [0.2, 0.25) is 0 Å². The minimum absolute atomic E-state index is 0.0554. The first-order chi connectivity index (χ1) is 9.18. The van der Waals surface area contributed by atoms with Crippen molar-refractivity contribution in [2.45, 2.75) is 12.8 Å². The van der Waals surface area contributed by atoms with Crippen LogP contribution in [-0.4, -0.2) is 36.6 Å². The molecule has 6 heteroatoms. The lowest BCUT2D eigenvalue weighted by atomic mass is 10.2. The molecular formula is C13H15BrN2O3. The second-order valence-corrected chi connectivity index (χ2v) is 5.05. The number of hydroxylamine groups is 2. The number of carbonyl (C=O) groups is 2. The molecule has 2 rings (SSSR count). The van der Waals surface area contributed by atoms with Crippen molar-refractivity contribution in [1.82, 2.24) is 10.4 Å². The Labute approximate surface area is 120 Å². The van der Waals surface area contributed by atoms with Gasteiger partial charge in [-0.1, -0.05) is 12.1 Å². The van der Waals surface area contributed by atoms with Crippen molar-refractivity contribution in [3.8, 4) is 0 Å². The third-order valence-corrected chi connectivity index (χ3v) is 3.49. The summed E-state index contributed by atoms with van der Waals surface area (Å²) in [5.41, 5.74) is 0.509. The Morgan fingerprint density at radius 3 is 2.79 bits per heavy atom. The van der Waals surface area contributed by atoms with Crippen LogP contribution in [0.5, 0.6) is 0 Å². The molecule has 1 fully saturated rings. The molecule has 102 valence electrons. The molecule has 1 aromatic rings. The Kier molecular flexibility index (Phi) is 4.93. The highest BCUT2D eigenvalue weighted by Crippen LogP contribution is 2.15. The summed E-state index contributed by atoms with van der Waals surface area (Å²) in [6, 6.07) is 7.08. The van der Waals surface area contributed by atoms with Crippen molar-refractivity contribution in [3.63, 3.8) is 0 Å². The molecule has 0 atom stereocenters. The number of rotatable bonds is 3. The molecule has 5 nitrogen and oxygen atoms in total. The second-order valence-electron chi connectivity index (χ2n) is 4.20. The summed E-state index contributed by atoms with van der Waals surface area (Å²) in [5.74, 6) is -0.502. The van der Waals surface area contributed by atoms with Gasteiger partial charge in [-0.05, 0) is 40.9 Å². The summed E-state index contributed by atoms with van der Waals surface area (Å²) in [5, 5.41) is 3.92. The Balaban J connectivity index is 1.86. The molecule has 0 aromatic heterocycles. The van der Waals surface area contributed by atoms with E-state index in [0.717, 1.165) is 12.8 Å². The quantitative estimate of drug-likeness (QED) is 0.920. The molecule has 0 aliphatic carbocycles. The molecular weight excluding hydrogens is 312 g/mol. The van der Waals surface area contributed by atoms with Gasteiger partial charge in [0.1, 0.15) is 0 Å². The zero-order valence-corrected chi connectivity index (χ0v) is 12.0. The summed E-state index contributed by atoms with van der Waals surface area (Å²) >= 11 is 3.30. The molecule has 0 bridgehead atoms. The fourth-order valence-electron chi connectivity index (χ4n) is 1.78. The molecule has 0 radical (unpaired) electrons. The average molecular weight is 327 g/mol. The topological polar surface area (TPSA) is 58.6 Å². The van der Waals surface area contributed by atoms with E-state index in [1.807, 2.05) is 6.07 Å². The Morgan fingerprint density at radius 1 is 1.32 bits per heavy atom. The molecule has 1 aliphatic heterocycles. The number of nitrogens with zero attached hydrogens (tertiary/aromatic N) is 1. The van der Waals surface area contributed by atoms with Gasteiger partial charge in [0.05, 0.1) is 18.7 Å². The number of hydrogen-bond donors (Lipinski definition) is 1. The number of benzene rings is 1. The van der Waals surface area contributed by atoms with E-state index in [9.17, 15) is 9.59 Å². The first kappa shape index (κ1) is 14.0. The second kappa shape index (κ2) is 6.68. The summed E-state index contributed by atoms with van der Waals surface area (Å²) in [6.45, 7) is 1.09. The highest BCUT2D eigenvalue weighted by Gasteiger charge is 2.18. The van der Waals surface area contributed by atoms with Gasteiger partial charge < -0.3 is 5.32 Å². The molecule has 1 aliphatic rings. The maximum Gasteiger partial charge on any atom is 0.265 e. The molecule has 1 saturated heterocycles. The predicted molar refractivity (Wildman–Crippen MR) is 73.4 cm³/mol. The van der Waals surface area contributed by atoms with Crippen LogP contribution >= 0.6 is 15.9 Å². The zero-order chi connectivity index (χ0) is 13.7. The Bertz CT molecular complexity index is 473. The molecule has 1 heterocycles. The molecule has 0 saturated carbocycles. The monoisotopic (exact) mass is 326 g/mol. The Hall–Kier alpha value is -1.40. The van der Waals surface area contributed by atoms with Crippen LogP contribution in [0.2, 0.25) is 0 Å². The van der Waals surface area contributed by atoms with Crippen LogP contribution < -0.4 is 5.32 Å². The van der Waals surface area contributed by atoms with E-state index in [0.29, 0.717) is 23.2 Å². The first-order valence-electron chi connectivity index (χ1n) is 6.14. The highest BCUT2D eigenvalue weighted by molar-refractivity contribution is 9.10. The van der Waals surface area contributed by atoms with E-state index in [2.05, 4.69) is 21.2 Å². The molecule has 2 amide bonds. The predicted octanol–water partition coefficient (Wildman–Crippen LogP) is 1.73. The smallest absolute Gasteiger partial charge is 0.265 e. The van der Waals surface area contributed by atoms with Crippen LogP contribution in [0.25, 0.3) is 0 Å². The number of carbonyl (C=O) groups excluding carboxylic acids is 2. The average Bonchev–Trinajstić information content (AvgIpc) is 2.46. The van der Waals surface area contributed by atoms with E-state index >= 15 is 0 Å². The number of nitrogens with one attached hydrogen (secondary N) is 1. The standard InChI is InChI=1S/C13H15BrN2O3/c14-11-6-2-1-5-10(11)13(18)15-9-12(17)16-7-3-4-8-19-16/h1-2,5-6H,3-4,7-9H2,(H,15,18). The van der Waals surface area contributed by atoms with Crippen molar-refractivity contribution in [1.29, 1.82) is 0 Å². The van der Waals surface area contributed by atoms with Crippen LogP contribution in [0.15, 0.2) is 28.7 Å². The van der Waals surface area contributed by atoms with Gasteiger partial charge in [0.25, 0.3) is 11.8 Å². The summed E-state index contributed by atoms with van der Waals surface area (Å²) in [4.78, 5) is 28.9. The van der Waals surface area contributed by atoms with E-state index in [4.69, 9.17) is 4.84 Å². The van der Waals surface area contributed by atoms with Gasteiger partial charge in [-0.3, -0.25) is 14.4 Å². The van der Waals surface area contributed by atoms with E-state index in [1.54, 1.807) is 18.2 Å². The van der Waals surface area contributed by atoms with Crippen molar-refractivity contribution in [2.75, 3.05) is 19.7 Å². The third-order valence-electron chi connectivity index (χ3n) is 2.80. The summed E-state index contributed by atoms with van der Waals surface area (Å²) in [7, 11) is 0. The lowest BCUT2D eigenvalue weighted by Crippen LogP contribution is -2.42. The molecule has 1 aromatic carbocycles. The van der Waals surface area contributed by atoms with Crippen LogP contribution in [0, 0.1) is 0 Å². The fraction of sp³-hybridized carbons (Fsp3) is 0.385. The molecule has 0 spiro atoms. The van der Waals surface area contributed by atoms with Crippen molar-refractivity contribution < 1.29 is 14.4 Å². The lowest BCUT2D eigenvalue weighted by Gasteiger charge is -2.25. The highest BCUT2D eigenvalue weighted by atomic mass is 79.9. The van der Waals surface area contributed by atoms with E-state index < -0.39 is 0 Å². The summed E-state index contributed by atoms with van der Waals surface area (Å²) in [6.07, 6.45) is 1.90. The maximum atomic E-state index is 11.9. The van der Waals surface area contributed by atoms with Crippen molar-refractivity contribution >= 4 is 27.7 Å². The number of amides is 2. The van der Waals surface area contributed by atoms with Crippen molar-refractivity contribution in [2.24, 2.45) is 0 Å². The number of halogens is 1. The number of hydrogen-bond acceptors (Lipinski definition) is 3. The van der Waals surface area contributed by atoms with Crippen LogP contribution in [0.4, 0.5) is 0 Å². The molecule has 1 N–H and O–H groups in total. The SMILES string of the molecule is O=C(NCC(=O)N1CCCCO1)c1ccccc1Br. The van der Waals surface area contributed by atoms with Crippen molar-refractivity contribution in [3.05, 3.63) is 34.3 Å². The fourth-order valence-corrected chi connectivity index (χ4v) is 2.24. The van der Waals surface area contributed by atoms with Gasteiger partial charge in [-0.2, -0.15) is 0 Å². The largest absolute Gasteiger partial charge is 0.343 e. The minimum atomic E-state index is -0.280. The third kappa shape index (κ3) is 3.78. The normalized spacial score (nSPS) is 15.1. The maximum absolute atomic E-state index is 11.9. The van der Waals surface area contributed by atoms with Crippen LogP contribution in [-0.2, 0) is 9.63 Å². The van der Waals surface area contributed by atoms with Gasteiger partial charge in [0, 0.05) is 11.0 Å². The molecule has 0 unspecified atom stereocenters.